The fourth-order valence-corrected chi connectivity index (χ4v) is 4.03. The third kappa shape index (κ3) is 80.9. The molecule has 0 heterocycles. The van der Waals surface area contributed by atoms with Crippen molar-refractivity contribution in [3.8, 4) is 17.9 Å². The summed E-state index contributed by atoms with van der Waals surface area (Å²) in [6.45, 7) is 58.0. The first-order valence-corrected chi connectivity index (χ1v) is 28.3. The molecule has 1 unspecified atom stereocenters. The molecule has 0 rings (SSSR count). The van der Waals surface area contributed by atoms with Gasteiger partial charge in [0.2, 0.25) is 5.78 Å². The topological polar surface area (TPSA) is 198 Å². The van der Waals surface area contributed by atoms with Gasteiger partial charge in [-0.25, -0.2) is 4.39 Å². The van der Waals surface area contributed by atoms with Crippen LogP contribution in [-0.2, 0) is 47.9 Å². The highest BCUT2D eigenvalue weighted by Crippen LogP contribution is 2.05. The number of likely N-dealkylation sites (N-methyl/N-ethyl adjacent to an activating group) is 1. The molecule has 81 heavy (non-hydrogen) atoms. The van der Waals surface area contributed by atoms with Crippen molar-refractivity contribution in [1.29, 1.82) is 5.26 Å². The normalized spacial score (nSPS) is 10.3. The van der Waals surface area contributed by atoms with Gasteiger partial charge in [-0.2, -0.15) is 5.26 Å². The van der Waals surface area contributed by atoms with E-state index in [2.05, 4.69) is 31.6 Å². The fraction of sp³-hybridized carbons (Fsp3) is 0.627. The van der Waals surface area contributed by atoms with Crippen LogP contribution in [0.1, 0.15) is 193 Å². The number of hydrogen-bond acceptors (Lipinski definition) is 12. The molecule has 0 radical (unpaired) electrons. The maximum absolute atomic E-state index is 11.8. The Morgan fingerprint density at radius 1 is 0.519 bits per heavy atom. The van der Waals surface area contributed by atoms with Gasteiger partial charge < -0.3 is 4.90 Å². The van der Waals surface area contributed by atoms with E-state index in [1.54, 1.807) is 78.0 Å². The molecule has 0 aromatic carbocycles. The number of ketones is 10. The molecule has 12 nitrogen and oxygen atoms in total. The molecule has 0 N–H and O–H groups in total. The van der Waals surface area contributed by atoms with Crippen molar-refractivity contribution in [1.82, 2.24) is 4.90 Å². The molecule has 0 amide bonds. The van der Waals surface area contributed by atoms with E-state index >= 15 is 0 Å². The number of rotatable bonds is 21. The van der Waals surface area contributed by atoms with Crippen molar-refractivity contribution in [3.63, 3.8) is 0 Å². The van der Waals surface area contributed by atoms with Gasteiger partial charge in [-0.15, -0.1) is 11.6 Å². The second-order valence-electron chi connectivity index (χ2n) is 21.1. The number of hydrogen-bond donors (Lipinski definition) is 0. The minimum atomic E-state index is -0.847. The van der Waals surface area contributed by atoms with Gasteiger partial charge in [0.15, 0.2) is 46.3 Å². The third-order valence-electron chi connectivity index (χ3n) is 9.36. The summed E-state index contributed by atoms with van der Waals surface area (Å²) in [7, 11) is 3.95. The molecule has 1 atom stereocenters. The van der Waals surface area contributed by atoms with Gasteiger partial charge in [0.25, 0.3) is 0 Å². The minimum Gasteiger partial charge on any atom is -0.306 e. The van der Waals surface area contributed by atoms with Crippen LogP contribution in [0.4, 0.5) is 4.39 Å². The van der Waals surface area contributed by atoms with Crippen molar-refractivity contribution >= 4 is 69.4 Å². The predicted molar refractivity (Wildman–Crippen MR) is 340 cm³/mol. The summed E-state index contributed by atoms with van der Waals surface area (Å²) in [5.74, 6) is 5.74. The zero-order valence-corrected chi connectivity index (χ0v) is 56.6. The average molecular weight is 1160 g/mol. The lowest BCUT2D eigenvalue weighted by Crippen LogP contribution is -2.16. The molecule has 0 aliphatic rings. The summed E-state index contributed by atoms with van der Waals surface area (Å²) < 4.78 is 11.8. The number of carbonyl (C=O) groups excluding carboxylic acids is 10. The quantitative estimate of drug-likeness (QED) is 0.0347. The molecular weight excluding hydrogens is 1050 g/mol. The molecule has 0 saturated heterocycles. The van der Waals surface area contributed by atoms with Gasteiger partial charge in [-0.3, -0.25) is 47.9 Å². The maximum atomic E-state index is 11.8. The summed E-state index contributed by atoms with van der Waals surface area (Å²) in [6.07, 6.45) is 13.0. The Balaban J connectivity index is -0.0000000867. The van der Waals surface area contributed by atoms with Crippen molar-refractivity contribution in [3.05, 3.63) is 73.7 Å². The summed E-state index contributed by atoms with van der Waals surface area (Å²) >= 11 is 5.47. The largest absolute Gasteiger partial charge is 0.306 e. The summed E-state index contributed by atoms with van der Waals surface area (Å²) in [4.78, 5) is 108. The maximum Gasteiger partial charge on any atom is 0.207 e. The molecule has 0 spiro atoms. The SMILES string of the molecule is C/C=C/C(=O)C(C)C.C/C=C/C(=O)C(C)C.C=C(C#N)C(=O)C(C)C.C=C(F)C(=O)C(C)C.C=CC(=O)C(C)C.CC#CC(=O)C(C)C.CC(C)C(=O)/C=C/CN(C)C.CC(C)C(=O)C(C)Cl.CCC(=O)C(C)C.CCC(=O)C(C)C. The van der Waals surface area contributed by atoms with Crippen molar-refractivity contribution in [2.24, 2.45) is 59.2 Å². The molecule has 0 aromatic rings. The van der Waals surface area contributed by atoms with Crippen molar-refractivity contribution in [2.45, 2.75) is 198 Å². The first-order chi connectivity index (χ1) is 36.8. The number of alkyl halides is 1. The standard InChI is InChI=1S/C9H17NO.C7H9NO.2C7H12O.C7H10O.C6H11ClO.C6H9FO.2C6H12O.C6H10O/c1-8(2)9(11)6-5-7-10(3)4;1-5(2)7(9)6(3)4-8;3*1-4-5-7(8)6(2)3;2*1-4(2)6(8)5(3)7;3*1-4-6(7)5(2)3/h5-6,8H,7H2,1-4H3;5H,3H2,1-2H3;2*4-6H,1-3H3;6H,1-3H3;4-5H,1-3H3;4H,3H2,1-2H3;2*5H,4H2,1-3H3;4-5H,1H2,2-3H3/b6-5+;;2*5-4+;;;;;;. The fourth-order valence-electron chi connectivity index (χ4n) is 3.78. The minimum absolute atomic E-state index is 0.0208. The third-order valence-corrected chi connectivity index (χ3v) is 9.57. The Morgan fingerprint density at radius 3 is 0.926 bits per heavy atom. The van der Waals surface area contributed by atoms with E-state index in [1.165, 1.54) is 6.08 Å². The van der Waals surface area contributed by atoms with Gasteiger partial charge in [-0.05, 0) is 72.0 Å². The van der Waals surface area contributed by atoms with Gasteiger partial charge >= 0.3 is 0 Å². The first-order valence-electron chi connectivity index (χ1n) is 27.9. The number of carbonyl (C=O) groups is 10. The number of nitriles is 1. The smallest absolute Gasteiger partial charge is 0.207 e. The summed E-state index contributed by atoms with van der Waals surface area (Å²) in [5, 5.41) is 7.86. The lowest BCUT2D eigenvalue weighted by molar-refractivity contribution is -0.122. The van der Waals surface area contributed by atoms with Crippen LogP contribution in [0.5, 0.6) is 0 Å². The number of Topliss-reactive ketones (excluding diaryl/α,β-unsaturated/α-hetero) is 6. The van der Waals surface area contributed by atoms with E-state index in [9.17, 15) is 52.3 Å². The summed E-state index contributed by atoms with van der Waals surface area (Å²) in [5.41, 5.74) is 0.0463. The van der Waals surface area contributed by atoms with Crippen LogP contribution in [0.2, 0.25) is 0 Å². The van der Waals surface area contributed by atoms with E-state index in [0.29, 0.717) is 24.4 Å². The number of halogens is 2. The van der Waals surface area contributed by atoms with E-state index < -0.39 is 11.6 Å². The van der Waals surface area contributed by atoms with Crippen molar-refractivity contribution in [2.75, 3.05) is 20.6 Å². The Kier molecular flexibility index (Phi) is 76.5. The van der Waals surface area contributed by atoms with Gasteiger partial charge in [0.1, 0.15) is 17.6 Å². The zero-order chi connectivity index (χ0) is 67.0. The van der Waals surface area contributed by atoms with E-state index in [0.717, 1.165) is 6.54 Å². The molecule has 0 fully saturated rings. The highest BCUT2D eigenvalue weighted by Gasteiger charge is 2.13. The van der Waals surface area contributed by atoms with E-state index in [1.807, 2.05) is 164 Å². The molecule has 0 saturated carbocycles. The molecule has 0 bridgehead atoms. The van der Waals surface area contributed by atoms with Crippen LogP contribution in [0.25, 0.3) is 0 Å². The van der Waals surface area contributed by atoms with Gasteiger partial charge in [0.05, 0.1) is 11.0 Å². The van der Waals surface area contributed by atoms with Gasteiger partial charge in [0, 0.05) is 78.6 Å². The monoisotopic (exact) mass is 1160 g/mol. The zero-order valence-electron chi connectivity index (χ0n) is 55.9. The van der Waals surface area contributed by atoms with Gasteiger partial charge in [-0.1, -0.05) is 196 Å². The van der Waals surface area contributed by atoms with Crippen LogP contribution >= 0.6 is 11.6 Å². The summed E-state index contributed by atoms with van der Waals surface area (Å²) in [6, 6.07) is 1.70. The van der Waals surface area contributed by atoms with Crippen LogP contribution in [0.3, 0.4) is 0 Å². The Bertz CT molecular complexity index is 1970. The van der Waals surface area contributed by atoms with E-state index in [4.69, 9.17) is 16.9 Å². The van der Waals surface area contributed by atoms with Crippen LogP contribution < -0.4 is 0 Å². The van der Waals surface area contributed by atoms with Crippen LogP contribution in [0.15, 0.2) is 73.7 Å². The second-order valence-corrected chi connectivity index (χ2v) is 21.8. The molecule has 14 heteroatoms. The van der Waals surface area contributed by atoms with E-state index in [-0.39, 0.29) is 111 Å². The molecule has 0 aliphatic heterocycles. The average Bonchev–Trinajstić information content (AvgIpc) is 3.38. The lowest BCUT2D eigenvalue weighted by atomic mass is 10.0. The number of allylic oxidation sites excluding steroid dienone is 8. The highest BCUT2D eigenvalue weighted by atomic mass is 35.5. The van der Waals surface area contributed by atoms with Crippen molar-refractivity contribution < 1.29 is 52.3 Å². The van der Waals surface area contributed by atoms with Crippen LogP contribution in [0, 0.1) is 82.4 Å². The predicted octanol–water partition coefficient (Wildman–Crippen LogP) is 15.6. The Labute approximate surface area is 499 Å². The molecule has 0 aliphatic carbocycles. The first kappa shape index (κ1) is 97.6. The number of nitrogens with zero attached hydrogens (tertiary/aromatic N) is 2. The second kappa shape index (κ2) is 63.6. The lowest BCUT2D eigenvalue weighted by Gasteiger charge is -2.03. The molecular formula is C67H114ClFN2O10. The highest BCUT2D eigenvalue weighted by molar-refractivity contribution is 6.31. The Morgan fingerprint density at radius 2 is 0.840 bits per heavy atom. The molecule has 466 valence electrons. The van der Waals surface area contributed by atoms with Crippen LogP contribution in [-0.4, -0.2) is 88.7 Å². The molecule has 0 aromatic heterocycles. The Hall–Kier alpha value is -5.63.